The number of carbonyl (C=O) groups excluding carboxylic acids is 2. The molecule has 1 saturated carbocycles. The molecule has 1 saturated heterocycles. The first-order chi connectivity index (χ1) is 26.5. The van der Waals surface area contributed by atoms with Gasteiger partial charge in [-0.3, -0.25) is 0 Å². The van der Waals surface area contributed by atoms with Crippen LogP contribution in [0.1, 0.15) is 69.7 Å². The van der Waals surface area contributed by atoms with Crippen molar-refractivity contribution in [2.24, 2.45) is 0 Å². The third-order valence-electron chi connectivity index (χ3n) is 10.5. The van der Waals surface area contributed by atoms with Gasteiger partial charge in [-0.2, -0.15) is 15.2 Å². The van der Waals surface area contributed by atoms with Crippen molar-refractivity contribution in [3.63, 3.8) is 0 Å². The molecule has 3 aromatic carbocycles. The number of amides is 2. The average molecular weight is 766 g/mol. The van der Waals surface area contributed by atoms with Gasteiger partial charge >= 0.3 is 18.2 Å². The summed E-state index contributed by atoms with van der Waals surface area (Å²) in [7, 11) is 0. The summed E-state index contributed by atoms with van der Waals surface area (Å²) >= 11 is 6.77. The SMILES string of the molecule is CC(C)(C)OC(=O)NC1(COc2nc3c(c(N4CCN(C(=O)OCc5ccccc5)[C@@H](CC#N)C4)n2)CCN(c2cccc4cccc(Cl)c24)C3)CCCC1. The summed E-state index contributed by atoms with van der Waals surface area (Å²) in [5.74, 6) is 0.733. The topological polar surface area (TPSA) is 133 Å². The van der Waals surface area contributed by atoms with Crippen LogP contribution in [-0.4, -0.2) is 77.0 Å². The molecule has 0 bridgehead atoms. The Morgan fingerprint density at radius 2 is 1.75 bits per heavy atom. The summed E-state index contributed by atoms with van der Waals surface area (Å²) in [6.45, 7) is 8.32. The van der Waals surface area contributed by atoms with Gasteiger partial charge in [-0.1, -0.05) is 79.0 Å². The number of ether oxygens (including phenoxy) is 3. The van der Waals surface area contributed by atoms with Gasteiger partial charge in [0.25, 0.3) is 0 Å². The third-order valence-corrected chi connectivity index (χ3v) is 10.9. The minimum absolute atomic E-state index is 0.141. The van der Waals surface area contributed by atoms with E-state index in [1.54, 1.807) is 4.90 Å². The molecule has 3 heterocycles. The molecule has 7 rings (SSSR count). The molecule has 4 aromatic rings. The number of alkyl carbamates (subject to hydrolysis) is 1. The number of nitriles is 1. The Morgan fingerprint density at radius 3 is 2.49 bits per heavy atom. The molecule has 1 atom stereocenters. The zero-order chi connectivity index (χ0) is 38.6. The highest BCUT2D eigenvalue weighted by Crippen LogP contribution is 2.38. The fourth-order valence-corrected chi connectivity index (χ4v) is 8.19. The van der Waals surface area contributed by atoms with Crippen molar-refractivity contribution in [1.82, 2.24) is 20.2 Å². The number of fused-ring (bicyclic) bond motifs is 2. The van der Waals surface area contributed by atoms with E-state index in [0.29, 0.717) is 44.2 Å². The number of benzene rings is 3. The van der Waals surface area contributed by atoms with Crippen LogP contribution in [0.2, 0.25) is 5.02 Å². The summed E-state index contributed by atoms with van der Waals surface area (Å²) in [5.41, 5.74) is 2.52. The van der Waals surface area contributed by atoms with Crippen LogP contribution in [0.25, 0.3) is 10.8 Å². The Kier molecular flexibility index (Phi) is 11.2. The van der Waals surface area contributed by atoms with Gasteiger partial charge in [-0.15, -0.1) is 0 Å². The van der Waals surface area contributed by atoms with Crippen molar-refractivity contribution in [2.75, 3.05) is 42.6 Å². The normalized spacial score (nSPS) is 18.0. The van der Waals surface area contributed by atoms with Gasteiger partial charge in [0.2, 0.25) is 0 Å². The summed E-state index contributed by atoms with van der Waals surface area (Å²) < 4.78 is 17.8. The minimum Gasteiger partial charge on any atom is -0.461 e. The number of nitrogens with one attached hydrogen (secondary N) is 1. The van der Waals surface area contributed by atoms with Crippen molar-refractivity contribution < 1.29 is 23.8 Å². The van der Waals surface area contributed by atoms with E-state index >= 15 is 0 Å². The first-order valence-corrected chi connectivity index (χ1v) is 19.4. The molecule has 2 amide bonds. The highest BCUT2D eigenvalue weighted by atomic mass is 35.5. The van der Waals surface area contributed by atoms with Crippen LogP contribution in [0.3, 0.4) is 0 Å². The second-order valence-electron chi connectivity index (χ2n) is 15.6. The molecule has 1 N–H and O–H groups in total. The zero-order valence-corrected chi connectivity index (χ0v) is 32.5. The average Bonchev–Trinajstić information content (AvgIpc) is 3.63. The van der Waals surface area contributed by atoms with Crippen LogP contribution < -0.4 is 19.9 Å². The maximum Gasteiger partial charge on any atom is 0.410 e. The van der Waals surface area contributed by atoms with E-state index in [1.807, 2.05) is 69.3 Å². The molecule has 2 aliphatic heterocycles. The highest BCUT2D eigenvalue weighted by Gasteiger charge is 2.39. The van der Waals surface area contributed by atoms with Gasteiger partial charge in [0, 0.05) is 42.8 Å². The van der Waals surface area contributed by atoms with E-state index in [2.05, 4.69) is 39.4 Å². The Balaban J connectivity index is 1.17. The van der Waals surface area contributed by atoms with Gasteiger partial charge in [-0.25, -0.2) is 9.59 Å². The lowest BCUT2D eigenvalue weighted by molar-refractivity contribution is 0.0411. The van der Waals surface area contributed by atoms with Gasteiger partial charge in [0.15, 0.2) is 0 Å². The minimum atomic E-state index is -0.631. The molecular weight excluding hydrogens is 718 g/mol. The fraction of sp³-hybridized carbons (Fsp3) is 0.452. The van der Waals surface area contributed by atoms with Gasteiger partial charge in [0.05, 0.1) is 41.3 Å². The van der Waals surface area contributed by atoms with E-state index in [0.717, 1.165) is 64.8 Å². The summed E-state index contributed by atoms with van der Waals surface area (Å²) in [6, 6.07) is 23.8. The van der Waals surface area contributed by atoms with Crippen LogP contribution in [0.15, 0.2) is 66.7 Å². The molecule has 12 nitrogen and oxygen atoms in total. The van der Waals surface area contributed by atoms with E-state index in [-0.39, 0.29) is 25.6 Å². The number of halogens is 1. The van der Waals surface area contributed by atoms with Crippen molar-refractivity contribution in [3.05, 3.63) is 88.6 Å². The van der Waals surface area contributed by atoms with Crippen LogP contribution >= 0.6 is 11.6 Å². The Morgan fingerprint density at radius 1 is 0.982 bits per heavy atom. The molecule has 288 valence electrons. The maximum atomic E-state index is 13.3. The Bertz CT molecular complexity index is 2060. The second-order valence-corrected chi connectivity index (χ2v) is 16.0. The molecule has 0 radical (unpaired) electrons. The zero-order valence-electron chi connectivity index (χ0n) is 31.7. The number of hydrogen-bond acceptors (Lipinski definition) is 10. The number of nitrogens with zero attached hydrogens (tertiary/aromatic N) is 6. The van der Waals surface area contributed by atoms with Crippen molar-refractivity contribution in [2.45, 2.75) is 89.6 Å². The lowest BCUT2D eigenvalue weighted by Gasteiger charge is -2.42. The monoisotopic (exact) mass is 765 g/mol. The molecule has 55 heavy (non-hydrogen) atoms. The van der Waals surface area contributed by atoms with Gasteiger partial charge < -0.3 is 34.2 Å². The number of hydrogen-bond donors (Lipinski definition) is 1. The quantitative estimate of drug-likeness (QED) is 0.180. The smallest absolute Gasteiger partial charge is 0.410 e. The van der Waals surface area contributed by atoms with E-state index in [1.165, 1.54) is 0 Å². The molecule has 3 aliphatic rings. The number of aromatic nitrogens is 2. The number of carbonyl (C=O) groups is 2. The number of rotatable bonds is 9. The molecule has 1 aromatic heterocycles. The van der Waals surface area contributed by atoms with E-state index in [4.69, 9.17) is 35.8 Å². The molecule has 13 heteroatoms. The standard InChI is InChI=1S/C42H48ClN7O5/c1-41(2,3)55-39(51)47-42(19-7-8-20-42)28-54-38-45-34-26-48(35-16-10-14-30-13-9-15-33(43)36(30)35)22-18-32(34)37(46-38)49-23-24-50(31(25-49)17-21-44)40(52)53-27-29-11-5-4-6-12-29/h4-6,9-16,31H,7-8,17-20,22-28H2,1-3H3,(H,47,51)/t31-/m0/s1. The maximum absolute atomic E-state index is 13.3. The predicted octanol–water partition coefficient (Wildman–Crippen LogP) is 7.80. The number of anilines is 2. The molecule has 2 fully saturated rings. The lowest BCUT2D eigenvalue weighted by Crippen LogP contribution is -2.56. The number of piperazine rings is 1. The third kappa shape index (κ3) is 8.83. The van der Waals surface area contributed by atoms with Crippen LogP contribution in [0.5, 0.6) is 6.01 Å². The predicted molar refractivity (Wildman–Crippen MR) is 211 cm³/mol. The van der Waals surface area contributed by atoms with Crippen molar-refractivity contribution in [3.8, 4) is 12.1 Å². The van der Waals surface area contributed by atoms with Crippen molar-refractivity contribution >= 4 is 46.1 Å². The Labute approximate surface area is 327 Å². The summed E-state index contributed by atoms with van der Waals surface area (Å²) in [4.78, 5) is 42.4. The van der Waals surface area contributed by atoms with Gasteiger partial charge in [0.1, 0.15) is 24.6 Å². The van der Waals surface area contributed by atoms with E-state index in [9.17, 15) is 14.9 Å². The summed E-state index contributed by atoms with van der Waals surface area (Å²) in [5, 5.41) is 15.7. The Hall–Kier alpha value is -5.28. The summed E-state index contributed by atoms with van der Waals surface area (Å²) in [6.07, 6.45) is 3.29. The first kappa shape index (κ1) is 38.0. The molecule has 1 aliphatic carbocycles. The van der Waals surface area contributed by atoms with Crippen molar-refractivity contribution in [1.29, 1.82) is 5.26 Å². The second kappa shape index (κ2) is 16.2. The van der Waals surface area contributed by atoms with E-state index < -0.39 is 29.4 Å². The van der Waals surface area contributed by atoms with Crippen LogP contribution in [0, 0.1) is 11.3 Å². The first-order valence-electron chi connectivity index (χ1n) is 19.1. The lowest BCUT2D eigenvalue weighted by atomic mass is 9.99. The molecule has 0 unspecified atom stereocenters. The fourth-order valence-electron chi connectivity index (χ4n) is 7.91. The highest BCUT2D eigenvalue weighted by molar-refractivity contribution is 6.36. The van der Waals surface area contributed by atoms with Crippen LogP contribution in [-0.2, 0) is 29.0 Å². The van der Waals surface area contributed by atoms with Crippen LogP contribution in [0.4, 0.5) is 21.1 Å². The largest absolute Gasteiger partial charge is 0.461 e. The molecular formula is C42H48ClN7O5. The molecule has 0 spiro atoms. The van der Waals surface area contributed by atoms with Gasteiger partial charge in [-0.05, 0) is 63.1 Å².